The number of benzene rings is 1. The summed E-state index contributed by atoms with van der Waals surface area (Å²) in [5, 5.41) is 11.2. The molecule has 1 aromatic rings. The van der Waals surface area contributed by atoms with E-state index in [1.54, 1.807) is 27.7 Å². The Kier molecular flexibility index (Phi) is 6.09. The Morgan fingerprint density at radius 1 is 1.35 bits per heavy atom. The molecule has 0 radical (unpaired) electrons. The molecular formula is C15H18ClNO6. The molecule has 1 rings (SSSR count). The normalized spacial score (nSPS) is 12.4. The average molecular weight is 344 g/mol. The molecule has 0 spiro atoms. The summed E-state index contributed by atoms with van der Waals surface area (Å²) in [5.41, 5.74) is -1.51. The smallest absolute Gasteiger partial charge is 0.403 e. The van der Waals surface area contributed by atoms with Crippen LogP contribution < -0.4 is 0 Å². The van der Waals surface area contributed by atoms with E-state index in [0.29, 0.717) is 5.56 Å². The molecule has 7 nitrogen and oxygen atoms in total. The van der Waals surface area contributed by atoms with Gasteiger partial charge in [-0.3, -0.25) is 10.1 Å². The van der Waals surface area contributed by atoms with Gasteiger partial charge < -0.3 is 9.47 Å². The van der Waals surface area contributed by atoms with E-state index in [0.717, 1.165) is 6.07 Å². The largest absolute Gasteiger partial charge is 0.456 e. The Morgan fingerprint density at radius 2 is 1.96 bits per heavy atom. The van der Waals surface area contributed by atoms with Crippen LogP contribution in [0.25, 0.3) is 0 Å². The van der Waals surface area contributed by atoms with Crippen LogP contribution in [0.1, 0.15) is 49.5 Å². The topological polar surface area (TPSA) is 95.7 Å². The highest BCUT2D eigenvalue weighted by Gasteiger charge is 2.24. The minimum absolute atomic E-state index is 0.0805. The molecule has 0 amide bonds. The highest BCUT2D eigenvalue weighted by Crippen LogP contribution is 2.29. The second kappa shape index (κ2) is 7.41. The predicted octanol–water partition coefficient (Wildman–Crippen LogP) is 4.03. The van der Waals surface area contributed by atoms with Crippen molar-refractivity contribution in [3.63, 3.8) is 0 Å². The van der Waals surface area contributed by atoms with Crippen molar-refractivity contribution in [2.24, 2.45) is 0 Å². The summed E-state index contributed by atoms with van der Waals surface area (Å²) in [6.45, 7) is 6.66. The summed E-state index contributed by atoms with van der Waals surface area (Å²) < 4.78 is 9.84. The lowest BCUT2D eigenvalue weighted by molar-refractivity contribution is -0.385. The minimum atomic E-state index is -0.982. The maximum Gasteiger partial charge on any atom is 0.403 e. The third-order valence-corrected chi connectivity index (χ3v) is 2.95. The van der Waals surface area contributed by atoms with Gasteiger partial charge in [0.2, 0.25) is 0 Å². The summed E-state index contributed by atoms with van der Waals surface area (Å²) >= 11 is 5.08. The molecule has 1 atom stereocenters. The zero-order valence-electron chi connectivity index (χ0n) is 13.3. The molecule has 0 aliphatic heterocycles. The molecule has 126 valence electrons. The average Bonchev–Trinajstić information content (AvgIpc) is 2.42. The van der Waals surface area contributed by atoms with Crippen LogP contribution in [0.15, 0.2) is 18.2 Å². The number of carbonyl (C=O) groups excluding carboxylic acids is 2. The van der Waals surface area contributed by atoms with Crippen LogP contribution in [0.4, 0.5) is 10.5 Å². The molecule has 0 aliphatic carbocycles. The van der Waals surface area contributed by atoms with Crippen LogP contribution >= 0.6 is 11.6 Å². The van der Waals surface area contributed by atoms with Gasteiger partial charge in [0.05, 0.1) is 17.1 Å². The minimum Gasteiger partial charge on any atom is -0.456 e. The van der Waals surface area contributed by atoms with Gasteiger partial charge in [0.25, 0.3) is 5.69 Å². The number of esters is 1. The van der Waals surface area contributed by atoms with Gasteiger partial charge in [-0.2, -0.15) is 0 Å². The van der Waals surface area contributed by atoms with Crippen LogP contribution in [0.2, 0.25) is 0 Å². The molecule has 8 heteroatoms. The van der Waals surface area contributed by atoms with Crippen LogP contribution in [-0.2, 0) is 9.47 Å². The Labute approximate surface area is 138 Å². The van der Waals surface area contributed by atoms with Gasteiger partial charge in [0, 0.05) is 29.1 Å². The summed E-state index contributed by atoms with van der Waals surface area (Å²) in [6.07, 6.45) is 0. The fourth-order valence-corrected chi connectivity index (χ4v) is 1.93. The number of rotatable bonds is 5. The van der Waals surface area contributed by atoms with Gasteiger partial charge in [-0.15, -0.1) is 0 Å². The second-order valence-electron chi connectivity index (χ2n) is 5.98. The first-order valence-corrected chi connectivity index (χ1v) is 7.23. The molecule has 0 aliphatic rings. The van der Waals surface area contributed by atoms with Crippen molar-refractivity contribution >= 4 is 28.7 Å². The van der Waals surface area contributed by atoms with Gasteiger partial charge in [-0.25, -0.2) is 9.59 Å². The molecule has 0 fully saturated rings. The third kappa shape index (κ3) is 5.86. The standard InChI is InChI=1S/C15H18ClNO6/c1-9(8-22-14(16)19)11-6-5-10(7-12(11)17(20)21)13(18)23-15(2,3)4/h5-7,9H,8H2,1-4H3. The van der Waals surface area contributed by atoms with E-state index in [2.05, 4.69) is 4.74 Å². The summed E-state index contributed by atoms with van der Waals surface area (Å²) in [5.74, 6) is -1.10. The maximum atomic E-state index is 12.0. The van der Waals surface area contributed by atoms with Crippen LogP contribution in [0.3, 0.4) is 0 Å². The van der Waals surface area contributed by atoms with Crippen molar-refractivity contribution in [3.05, 3.63) is 39.4 Å². The third-order valence-electron chi connectivity index (χ3n) is 2.84. The van der Waals surface area contributed by atoms with E-state index in [9.17, 15) is 19.7 Å². The van der Waals surface area contributed by atoms with Crippen LogP contribution in [0.5, 0.6) is 0 Å². The number of nitrogens with zero attached hydrogens (tertiary/aromatic N) is 1. The van der Waals surface area contributed by atoms with E-state index < -0.39 is 27.8 Å². The monoisotopic (exact) mass is 343 g/mol. The van der Waals surface area contributed by atoms with Gasteiger partial charge in [-0.05, 0) is 26.8 Å². The lowest BCUT2D eigenvalue weighted by Gasteiger charge is -2.19. The van der Waals surface area contributed by atoms with E-state index >= 15 is 0 Å². The first kappa shape index (κ1) is 18.9. The van der Waals surface area contributed by atoms with Crippen molar-refractivity contribution in [2.75, 3.05) is 6.61 Å². The zero-order valence-corrected chi connectivity index (χ0v) is 14.0. The van der Waals surface area contributed by atoms with Crippen LogP contribution in [0, 0.1) is 10.1 Å². The molecule has 23 heavy (non-hydrogen) atoms. The van der Waals surface area contributed by atoms with E-state index in [4.69, 9.17) is 16.3 Å². The fraction of sp³-hybridized carbons (Fsp3) is 0.467. The Bertz CT molecular complexity index is 623. The Morgan fingerprint density at radius 3 is 2.43 bits per heavy atom. The highest BCUT2D eigenvalue weighted by molar-refractivity contribution is 6.61. The number of nitro groups is 1. The van der Waals surface area contributed by atoms with Crippen molar-refractivity contribution in [2.45, 2.75) is 39.2 Å². The van der Waals surface area contributed by atoms with Gasteiger partial charge in [0.1, 0.15) is 5.60 Å². The number of ether oxygens (including phenoxy) is 2. The van der Waals surface area contributed by atoms with Crippen molar-refractivity contribution in [1.82, 2.24) is 0 Å². The summed E-state index contributed by atoms with van der Waals surface area (Å²) in [6, 6.07) is 4.04. The molecule has 0 bridgehead atoms. The number of nitro benzene ring substituents is 1. The maximum absolute atomic E-state index is 12.0. The van der Waals surface area contributed by atoms with Gasteiger partial charge in [0.15, 0.2) is 0 Å². The van der Waals surface area contributed by atoms with Gasteiger partial charge >= 0.3 is 11.4 Å². The first-order valence-electron chi connectivity index (χ1n) is 6.85. The lowest BCUT2D eigenvalue weighted by Crippen LogP contribution is -2.24. The van der Waals surface area contributed by atoms with E-state index in [-0.39, 0.29) is 17.9 Å². The Hall–Kier alpha value is -2.15. The zero-order chi connectivity index (χ0) is 17.8. The SMILES string of the molecule is CC(COC(=O)Cl)c1ccc(C(=O)OC(C)(C)C)cc1[N+](=O)[O-]. The Balaban J connectivity index is 3.09. The molecule has 0 saturated heterocycles. The molecule has 1 unspecified atom stereocenters. The number of hydrogen-bond donors (Lipinski definition) is 0. The molecule has 0 saturated carbocycles. The van der Waals surface area contributed by atoms with E-state index in [1.165, 1.54) is 12.1 Å². The molecule has 1 aromatic carbocycles. The van der Waals surface area contributed by atoms with Crippen molar-refractivity contribution in [3.8, 4) is 0 Å². The highest BCUT2D eigenvalue weighted by atomic mass is 35.5. The number of halogens is 1. The molecule has 0 heterocycles. The second-order valence-corrected chi connectivity index (χ2v) is 6.29. The quantitative estimate of drug-likeness (QED) is 0.346. The number of carbonyl (C=O) groups is 2. The van der Waals surface area contributed by atoms with Crippen molar-refractivity contribution < 1.29 is 24.0 Å². The molecule has 0 aromatic heterocycles. The molecular weight excluding hydrogens is 326 g/mol. The van der Waals surface area contributed by atoms with Crippen molar-refractivity contribution in [1.29, 1.82) is 0 Å². The fourth-order valence-electron chi connectivity index (χ4n) is 1.86. The summed E-state index contributed by atoms with van der Waals surface area (Å²) in [4.78, 5) is 33.3. The van der Waals surface area contributed by atoms with Crippen LogP contribution in [-0.4, -0.2) is 28.5 Å². The first-order chi connectivity index (χ1) is 10.5. The summed E-state index contributed by atoms with van der Waals surface area (Å²) in [7, 11) is 0. The lowest BCUT2D eigenvalue weighted by atomic mass is 9.98. The molecule has 0 N–H and O–H groups in total. The van der Waals surface area contributed by atoms with E-state index in [1.807, 2.05) is 0 Å². The predicted molar refractivity (Wildman–Crippen MR) is 83.9 cm³/mol. The number of hydrogen-bond acceptors (Lipinski definition) is 6. The van der Waals surface area contributed by atoms with Gasteiger partial charge in [-0.1, -0.05) is 13.0 Å².